The minimum atomic E-state index is -1.01. The van der Waals surface area contributed by atoms with Crippen LogP contribution in [0.15, 0.2) is 48.5 Å². The Bertz CT molecular complexity index is 807. The number of hydrogen-bond donors (Lipinski definition) is 0. The summed E-state index contributed by atoms with van der Waals surface area (Å²) in [6.45, 7) is 1.45. The Balaban J connectivity index is 2.49. The van der Waals surface area contributed by atoms with E-state index in [0.717, 1.165) is 23.1 Å². The molecule has 2 rings (SSSR count). The average Bonchev–Trinajstić information content (AvgIpc) is 2.62. The molecule has 0 aliphatic rings. The highest BCUT2D eigenvalue weighted by atomic mass is 19.1. The number of rotatable bonds is 5. The van der Waals surface area contributed by atoms with Crippen molar-refractivity contribution in [1.29, 1.82) is 0 Å². The number of nitro groups is 1. The molecular weight excluding hydrogens is 331 g/mol. The number of amides is 1. The molecular formula is C17H15FN2O5. The second kappa shape index (κ2) is 7.52. The monoisotopic (exact) mass is 346 g/mol. The van der Waals surface area contributed by atoms with Gasteiger partial charge in [-0.05, 0) is 37.3 Å². The molecule has 2 aromatic rings. The zero-order valence-electron chi connectivity index (χ0n) is 13.5. The number of nitro benzene ring substituents is 1. The number of hydrogen-bond acceptors (Lipinski definition) is 5. The second-order valence-corrected chi connectivity index (χ2v) is 5.16. The largest absolute Gasteiger partial charge is 0.467 e. The van der Waals surface area contributed by atoms with E-state index in [1.54, 1.807) is 0 Å². The number of methoxy groups -OCH3 is 1. The van der Waals surface area contributed by atoms with Crippen LogP contribution < -0.4 is 4.90 Å². The van der Waals surface area contributed by atoms with Crippen molar-refractivity contribution in [3.8, 4) is 0 Å². The van der Waals surface area contributed by atoms with Crippen molar-refractivity contribution in [2.45, 2.75) is 13.0 Å². The first kappa shape index (κ1) is 18.1. The number of nitrogens with zero attached hydrogens (tertiary/aromatic N) is 2. The Labute approximate surface area is 142 Å². The van der Waals surface area contributed by atoms with Crippen LogP contribution in [0.2, 0.25) is 0 Å². The highest BCUT2D eigenvalue weighted by Gasteiger charge is 2.29. The van der Waals surface area contributed by atoms with Crippen LogP contribution in [-0.4, -0.2) is 30.0 Å². The van der Waals surface area contributed by atoms with Crippen LogP contribution in [-0.2, 0) is 9.53 Å². The summed E-state index contributed by atoms with van der Waals surface area (Å²) in [5.41, 5.74) is 0.0284. The predicted octanol–water partition coefficient (Wildman–Crippen LogP) is 2.94. The highest BCUT2D eigenvalue weighted by Crippen LogP contribution is 2.23. The number of benzene rings is 2. The molecule has 130 valence electrons. The van der Waals surface area contributed by atoms with E-state index in [-0.39, 0.29) is 16.9 Å². The molecule has 0 aliphatic heterocycles. The summed E-state index contributed by atoms with van der Waals surface area (Å²) >= 11 is 0. The summed E-state index contributed by atoms with van der Waals surface area (Å²) < 4.78 is 17.8. The first-order valence-electron chi connectivity index (χ1n) is 7.26. The highest BCUT2D eigenvalue weighted by molar-refractivity contribution is 6.09. The smallest absolute Gasteiger partial charge is 0.328 e. The molecule has 0 saturated carbocycles. The first-order valence-corrected chi connectivity index (χ1v) is 7.26. The Hall–Kier alpha value is -3.29. The minimum Gasteiger partial charge on any atom is -0.467 e. The molecule has 0 radical (unpaired) electrons. The number of carbonyl (C=O) groups is 2. The normalized spacial score (nSPS) is 11.5. The van der Waals surface area contributed by atoms with Gasteiger partial charge in [0.2, 0.25) is 0 Å². The molecule has 1 amide bonds. The average molecular weight is 346 g/mol. The molecule has 7 nitrogen and oxygen atoms in total. The van der Waals surface area contributed by atoms with Crippen LogP contribution >= 0.6 is 0 Å². The van der Waals surface area contributed by atoms with Crippen molar-refractivity contribution in [1.82, 2.24) is 0 Å². The summed E-state index contributed by atoms with van der Waals surface area (Å²) in [6, 6.07) is 9.09. The van der Waals surface area contributed by atoms with Crippen molar-refractivity contribution in [2.24, 2.45) is 0 Å². The molecule has 1 atom stereocenters. The third-order valence-corrected chi connectivity index (χ3v) is 3.56. The van der Waals surface area contributed by atoms with Crippen molar-refractivity contribution in [3.63, 3.8) is 0 Å². The number of carbonyl (C=O) groups excluding carboxylic acids is 2. The number of non-ortho nitro benzene ring substituents is 1. The Morgan fingerprint density at radius 2 is 1.84 bits per heavy atom. The molecule has 25 heavy (non-hydrogen) atoms. The van der Waals surface area contributed by atoms with Gasteiger partial charge in [-0.3, -0.25) is 19.8 Å². The van der Waals surface area contributed by atoms with E-state index in [2.05, 4.69) is 4.74 Å². The molecule has 0 fully saturated rings. The lowest BCUT2D eigenvalue weighted by atomic mass is 10.1. The number of halogens is 1. The van der Waals surface area contributed by atoms with Gasteiger partial charge >= 0.3 is 5.97 Å². The zero-order valence-corrected chi connectivity index (χ0v) is 13.5. The summed E-state index contributed by atoms with van der Waals surface area (Å²) in [5.74, 6) is -1.83. The van der Waals surface area contributed by atoms with Crippen LogP contribution in [0, 0.1) is 15.9 Å². The van der Waals surface area contributed by atoms with Gasteiger partial charge in [0.1, 0.15) is 11.9 Å². The lowest BCUT2D eigenvalue weighted by Crippen LogP contribution is -2.44. The van der Waals surface area contributed by atoms with Gasteiger partial charge in [-0.25, -0.2) is 9.18 Å². The predicted molar refractivity (Wildman–Crippen MR) is 87.8 cm³/mol. The maximum atomic E-state index is 13.2. The van der Waals surface area contributed by atoms with Crippen LogP contribution in [0.1, 0.15) is 17.3 Å². The fraction of sp³-hybridized carbons (Fsp3) is 0.176. The van der Waals surface area contributed by atoms with Crippen molar-refractivity contribution in [2.75, 3.05) is 12.0 Å². The minimum absolute atomic E-state index is 0.0225. The first-order chi connectivity index (χ1) is 11.8. The lowest BCUT2D eigenvalue weighted by Gasteiger charge is -2.27. The standard InChI is InChI=1S/C17H15FN2O5/c1-11(17(22)25-2)19(14-8-6-13(18)7-9-14)16(21)12-4-3-5-15(10-12)20(23)24/h3-11H,1-2H3/t11-/m0/s1. The van der Waals surface area contributed by atoms with Gasteiger partial charge in [0, 0.05) is 23.4 Å². The molecule has 8 heteroatoms. The summed E-state index contributed by atoms with van der Waals surface area (Å²) in [7, 11) is 1.18. The number of ether oxygens (including phenoxy) is 1. The van der Waals surface area contributed by atoms with Gasteiger partial charge < -0.3 is 4.74 Å². The fourth-order valence-corrected chi connectivity index (χ4v) is 2.29. The lowest BCUT2D eigenvalue weighted by molar-refractivity contribution is -0.384. The van der Waals surface area contributed by atoms with Crippen molar-refractivity contribution < 1.29 is 23.6 Å². The molecule has 0 aliphatic carbocycles. The maximum Gasteiger partial charge on any atom is 0.328 e. The van der Waals surface area contributed by atoms with E-state index in [1.807, 2.05) is 0 Å². The molecule has 0 N–H and O–H groups in total. The van der Waals surface area contributed by atoms with Gasteiger partial charge in [-0.2, -0.15) is 0 Å². The molecule has 0 aromatic heterocycles. The Morgan fingerprint density at radius 1 is 1.20 bits per heavy atom. The summed E-state index contributed by atoms with van der Waals surface area (Å²) in [5, 5.41) is 10.9. The van der Waals surface area contributed by atoms with E-state index in [0.29, 0.717) is 0 Å². The van der Waals surface area contributed by atoms with Crippen molar-refractivity contribution >= 4 is 23.3 Å². The molecule has 0 bridgehead atoms. The van der Waals surface area contributed by atoms with Crippen LogP contribution in [0.25, 0.3) is 0 Å². The summed E-state index contributed by atoms with van der Waals surface area (Å²) in [4.78, 5) is 36.2. The van der Waals surface area contributed by atoms with Gasteiger partial charge in [-0.1, -0.05) is 6.07 Å². The second-order valence-electron chi connectivity index (χ2n) is 5.16. The SMILES string of the molecule is COC(=O)[C@H](C)N(C(=O)c1cccc([N+](=O)[O-])c1)c1ccc(F)cc1. The van der Waals surface area contributed by atoms with Gasteiger partial charge in [0.25, 0.3) is 11.6 Å². The van der Waals surface area contributed by atoms with E-state index >= 15 is 0 Å². The number of esters is 1. The van der Waals surface area contributed by atoms with Gasteiger partial charge in [0.15, 0.2) is 0 Å². The van der Waals surface area contributed by atoms with E-state index in [9.17, 15) is 24.1 Å². The fourth-order valence-electron chi connectivity index (χ4n) is 2.29. The molecule has 0 heterocycles. The third kappa shape index (κ3) is 3.97. The van der Waals surface area contributed by atoms with E-state index in [4.69, 9.17) is 0 Å². The Morgan fingerprint density at radius 3 is 2.40 bits per heavy atom. The zero-order chi connectivity index (χ0) is 18.6. The van der Waals surface area contributed by atoms with E-state index < -0.39 is 28.7 Å². The molecule has 0 unspecified atom stereocenters. The maximum absolute atomic E-state index is 13.2. The quantitative estimate of drug-likeness (QED) is 0.472. The summed E-state index contributed by atoms with van der Waals surface area (Å²) in [6.07, 6.45) is 0. The molecule has 0 spiro atoms. The van der Waals surface area contributed by atoms with Crippen LogP contribution in [0.3, 0.4) is 0 Å². The van der Waals surface area contributed by atoms with Gasteiger partial charge in [-0.15, -0.1) is 0 Å². The third-order valence-electron chi connectivity index (χ3n) is 3.56. The Kier molecular flexibility index (Phi) is 5.43. The van der Waals surface area contributed by atoms with Gasteiger partial charge in [0.05, 0.1) is 12.0 Å². The molecule has 0 saturated heterocycles. The van der Waals surface area contributed by atoms with E-state index in [1.165, 1.54) is 44.4 Å². The number of anilines is 1. The topological polar surface area (TPSA) is 89.8 Å². The molecule has 2 aromatic carbocycles. The van der Waals surface area contributed by atoms with Crippen LogP contribution in [0.5, 0.6) is 0 Å². The van der Waals surface area contributed by atoms with Crippen LogP contribution in [0.4, 0.5) is 15.8 Å². The van der Waals surface area contributed by atoms with Crippen molar-refractivity contribution in [3.05, 3.63) is 70.0 Å².